The van der Waals surface area contributed by atoms with Crippen molar-refractivity contribution in [1.82, 2.24) is 14.8 Å². The van der Waals surface area contributed by atoms with Gasteiger partial charge >= 0.3 is 0 Å². The molecule has 0 saturated heterocycles. The molecule has 2 aromatic heterocycles. The van der Waals surface area contributed by atoms with Crippen LogP contribution in [0.2, 0.25) is 0 Å². The average molecular weight is 406 g/mol. The van der Waals surface area contributed by atoms with Gasteiger partial charge in [-0.1, -0.05) is 18.2 Å². The Hall–Kier alpha value is -4.50. The van der Waals surface area contributed by atoms with E-state index in [1.807, 2.05) is 54.7 Å². The van der Waals surface area contributed by atoms with Gasteiger partial charge in [-0.3, -0.25) is 9.78 Å². The van der Waals surface area contributed by atoms with Crippen molar-refractivity contribution in [1.29, 1.82) is 5.26 Å². The molecule has 150 valence electrons. The van der Waals surface area contributed by atoms with Crippen molar-refractivity contribution in [3.8, 4) is 28.8 Å². The minimum absolute atomic E-state index is 0.0320. The molecule has 0 aliphatic heterocycles. The standard InChI is InChI=1S/C25H18N4O2/c26-14-16-31-23-11-8-19(9-12-23)24(30)13-10-21-18-29(22-6-2-1-3-7-22)28-25(21)20-5-4-15-27-17-20/h1-13,15,17-18H,16H2/b13-10+. The first-order chi connectivity index (χ1) is 15.2. The number of allylic oxidation sites excluding steroid dienone is 1. The van der Waals surface area contributed by atoms with Gasteiger partial charge in [-0.25, -0.2) is 4.68 Å². The quantitative estimate of drug-likeness (QED) is 0.327. The number of benzene rings is 2. The van der Waals surface area contributed by atoms with E-state index < -0.39 is 0 Å². The smallest absolute Gasteiger partial charge is 0.185 e. The van der Waals surface area contributed by atoms with Crippen molar-refractivity contribution in [2.75, 3.05) is 6.61 Å². The summed E-state index contributed by atoms with van der Waals surface area (Å²) >= 11 is 0. The molecule has 6 heteroatoms. The second kappa shape index (κ2) is 9.33. The van der Waals surface area contributed by atoms with Gasteiger partial charge in [0.15, 0.2) is 12.4 Å². The second-order valence-corrected chi connectivity index (χ2v) is 6.62. The van der Waals surface area contributed by atoms with Crippen LogP contribution in [0.25, 0.3) is 23.0 Å². The molecule has 6 nitrogen and oxygen atoms in total. The van der Waals surface area contributed by atoms with Gasteiger partial charge < -0.3 is 4.74 Å². The lowest BCUT2D eigenvalue weighted by molar-refractivity contribution is 0.104. The summed E-state index contributed by atoms with van der Waals surface area (Å²) in [6.45, 7) is -0.0320. The van der Waals surface area contributed by atoms with Gasteiger partial charge in [0, 0.05) is 35.3 Å². The van der Waals surface area contributed by atoms with E-state index >= 15 is 0 Å². The molecule has 4 rings (SSSR count). The fraction of sp³-hybridized carbons (Fsp3) is 0.0400. The summed E-state index contributed by atoms with van der Waals surface area (Å²) in [5.41, 5.74) is 3.86. The van der Waals surface area contributed by atoms with Gasteiger partial charge in [0.1, 0.15) is 17.5 Å². The van der Waals surface area contributed by atoms with E-state index in [9.17, 15) is 4.79 Å². The fourth-order valence-corrected chi connectivity index (χ4v) is 3.04. The first-order valence-electron chi connectivity index (χ1n) is 9.62. The number of ketones is 1. The van der Waals surface area contributed by atoms with E-state index in [1.54, 1.807) is 47.4 Å². The third-order valence-electron chi connectivity index (χ3n) is 4.55. The molecule has 0 bridgehead atoms. The summed E-state index contributed by atoms with van der Waals surface area (Å²) in [7, 11) is 0. The molecule has 0 aliphatic rings. The van der Waals surface area contributed by atoms with Gasteiger partial charge in [-0.2, -0.15) is 10.4 Å². The predicted octanol–water partition coefficient (Wildman–Crippen LogP) is 4.73. The van der Waals surface area contributed by atoms with Crippen LogP contribution >= 0.6 is 0 Å². The van der Waals surface area contributed by atoms with E-state index in [1.165, 1.54) is 6.08 Å². The van der Waals surface area contributed by atoms with Crippen LogP contribution in [0.4, 0.5) is 0 Å². The number of aromatic nitrogens is 3. The number of rotatable bonds is 7. The Labute approximate surface area is 179 Å². The zero-order chi connectivity index (χ0) is 21.5. The van der Waals surface area contributed by atoms with Crippen molar-refractivity contribution in [2.24, 2.45) is 0 Å². The Balaban J connectivity index is 1.62. The van der Waals surface area contributed by atoms with Gasteiger partial charge in [0.2, 0.25) is 0 Å². The van der Waals surface area contributed by atoms with E-state index in [2.05, 4.69) is 4.98 Å². The van der Waals surface area contributed by atoms with Crippen LogP contribution in [0.1, 0.15) is 15.9 Å². The van der Waals surface area contributed by atoms with Gasteiger partial charge in [-0.05, 0) is 60.7 Å². The lowest BCUT2D eigenvalue weighted by Crippen LogP contribution is -1.96. The Kier molecular flexibility index (Phi) is 5.96. The second-order valence-electron chi connectivity index (χ2n) is 6.62. The van der Waals surface area contributed by atoms with E-state index in [4.69, 9.17) is 15.1 Å². The van der Waals surface area contributed by atoms with Gasteiger partial charge in [0.05, 0.1) is 5.69 Å². The highest BCUT2D eigenvalue weighted by Gasteiger charge is 2.11. The van der Waals surface area contributed by atoms with Crippen molar-refractivity contribution in [3.63, 3.8) is 0 Å². The zero-order valence-corrected chi connectivity index (χ0v) is 16.6. The molecule has 0 saturated carbocycles. The predicted molar refractivity (Wildman–Crippen MR) is 118 cm³/mol. The number of hydrogen-bond acceptors (Lipinski definition) is 5. The monoisotopic (exact) mass is 406 g/mol. The van der Waals surface area contributed by atoms with Gasteiger partial charge in [-0.15, -0.1) is 0 Å². The number of nitrogens with zero attached hydrogens (tertiary/aromatic N) is 4. The molecule has 2 aromatic carbocycles. The zero-order valence-electron chi connectivity index (χ0n) is 16.6. The third-order valence-corrected chi connectivity index (χ3v) is 4.55. The summed E-state index contributed by atoms with van der Waals surface area (Å²) in [6.07, 6.45) is 8.63. The van der Waals surface area contributed by atoms with Crippen LogP contribution in [-0.4, -0.2) is 27.2 Å². The summed E-state index contributed by atoms with van der Waals surface area (Å²) in [4.78, 5) is 16.8. The molecule has 0 radical (unpaired) electrons. The maximum absolute atomic E-state index is 12.6. The Morgan fingerprint density at radius 1 is 1.06 bits per heavy atom. The average Bonchev–Trinajstić information content (AvgIpc) is 3.27. The maximum Gasteiger partial charge on any atom is 0.185 e. The molecule has 4 aromatic rings. The number of nitriles is 1. The van der Waals surface area contributed by atoms with Crippen molar-refractivity contribution in [2.45, 2.75) is 0 Å². The summed E-state index contributed by atoms with van der Waals surface area (Å²) < 4.78 is 7.01. The molecular formula is C25H18N4O2. The molecule has 31 heavy (non-hydrogen) atoms. The normalized spacial score (nSPS) is 10.7. The molecule has 2 heterocycles. The number of ether oxygens (including phenoxy) is 1. The van der Waals surface area contributed by atoms with Crippen LogP contribution in [0.5, 0.6) is 5.75 Å². The van der Waals surface area contributed by atoms with Crippen LogP contribution in [0, 0.1) is 11.3 Å². The fourth-order valence-electron chi connectivity index (χ4n) is 3.04. The molecule has 0 unspecified atom stereocenters. The maximum atomic E-state index is 12.6. The number of carbonyl (C=O) groups excluding carboxylic acids is 1. The Morgan fingerprint density at radius 2 is 1.87 bits per heavy atom. The number of pyridine rings is 1. The number of hydrogen-bond donors (Lipinski definition) is 0. The SMILES string of the molecule is N#CCOc1ccc(C(=O)/C=C/c2cn(-c3ccccc3)nc2-c2cccnc2)cc1. The lowest BCUT2D eigenvalue weighted by atomic mass is 10.1. The number of para-hydroxylation sites is 1. The topological polar surface area (TPSA) is 80.8 Å². The first-order valence-corrected chi connectivity index (χ1v) is 9.62. The summed E-state index contributed by atoms with van der Waals surface area (Å²) in [5, 5.41) is 13.3. The molecule has 0 spiro atoms. The summed E-state index contributed by atoms with van der Waals surface area (Å²) in [6, 6.07) is 22.2. The van der Waals surface area contributed by atoms with Crippen molar-refractivity contribution >= 4 is 11.9 Å². The lowest BCUT2D eigenvalue weighted by Gasteiger charge is -2.02. The van der Waals surface area contributed by atoms with Crippen molar-refractivity contribution < 1.29 is 9.53 Å². The third kappa shape index (κ3) is 4.74. The van der Waals surface area contributed by atoms with E-state index in [0.29, 0.717) is 11.3 Å². The largest absolute Gasteiger partial charge is 0.479 e. The molecule has 0 N–H and O–H groups in total. The molecule has 0 fully saturated rings. The minimum atomic E-state index is -0.142. The van der Waals surface area contributed by atoms with Crippen molar-refractivity contribution in [3.05, 3.63) is 103 Å². The van der Waals surface area contributed by atoms with Crippen LogP contribution < -0.4 is 4.74 Å². The number of carbonyl (C=O) groups is 1. The van der Waals surface area contributed by atoms with Crippen LogP contribution in [0.15, 0.2) is 91.4 Å². The Bertz CT molecular complexity index is 1240. The van der Waals surface area contributed by atoms with Crippen LogP contribution in [0.3, 0.4) is 0 Å². The van der Waals surface area contributed by atoms with E-state index in [0.717, 1.165) is 22.5 Å². The Morgan fingerprint density at radius 3 is 2.58 bits per heavy atom. The minimum Gasteiger partial charge on any atom is -0.479 e. The molecule has 0 amide bonds. The first kappa shape index (κ1) is 19.8. The summed E-state index contributed by atoms with van der Waals surface area (Å²) in [5.74, 6) is 0.404. The van der Waals surface area contributed by atoms with E-state index in [-0.39, 0.29) is 12.4 Å². The van der Waals surface area contributed by atoms with Gasteiger partial charge in [0.25, 0.3) is 0 Å². The molecule has 0 aliphatic carbocycles. The molecule has 0 atom stereocenters. The highest BCUT2D eigenvalue weighted by Crippen LogP contribution is 2.24. The highest BCUT2D eigenvalue weighted by molar-refractivity contribution is 6.07. The van der Waals surface area contributed by atoms with Crippen LogP contribution in [-0.2, 0) is 0 Å². The molecular weight excluding hydrogens is 388 g/mol. The highest BCUT2D eigenvalue weighted by atomic mass is 16.5.